The Balaban J connectivity index is 2.89. The van der Waals surface area contributed by atoms with Crippen molar-refractivity contribution in [2.45, 2.75) is 57.9 Å². The van der Waals surface area contributed by atoms with Gasteiger partial charge in [0, 0.05) is 6.61 Å². The monoisotopic (exact) mass is 302 g/mol. The van der Waals surface area contributed by atoms with Crippen LogP contribution in [0.4, 0.5) is 0 Å². The van der Waals surface area contributed by atoms with Gasteiger partial charge in [-0.15, -0.1) is 0 Å². The molecular weight excluding hydrogens is 276 g/mol. The van der Waals surface area contributed by atoms with Crippen molar-refractivity contribution in [3.05, 3.63) is 35.4 Å². The first-order valence-electron chi connectivity index (χ1n) is 7.82. The molecule has 0 bridgehead atoms. The van der Waals surface area contributed by atoms with E-state index in [2.05, 4.69) is 38.2 Å². The van der Waals surface area contributed by atoms with Crippen molar-refractivity contribution < 1.29 is 9.90 Å². The second-order valence-corrected chi connectivity index (χ2v) is 6.22. The lowest BCUT2D eigenvalue weighted by Crippen LogP contribution is -2.28. The molecule has 1 amide bonds. The highest BCUT2D eigenvalue weighted by Crippen LogP contribution is 2.28. The highest BCUT2D eigenvalue weighted by molar-refractivity contribution is 5.78. The molecule has 0 heterocycles. The number of nitriles is 1. The molecule has 0 saturated heterocycles. The Morgan fingerprint density at radius 2 is 2.00 bits per heavy atom. The van der Waals surface area contributed by atoms with Crippen molar-refractivity contribution in [2.75, 3.05) is 6.61 Å². The molecule has 0 aliphatic heterocycles. The van der Waals surface area contributed by atoms with Gasteiger partial charge in [0.2, 0.25) is 5.91 Å². The maximum Gasteiger partial charge on any atom is 0.234 e. The summed E-state index contributed by atoms with van der Waals surface area (Å²) in [5.74, 6) is -0.231. The number of nitrogens with zero attached hydrogens (tertiary/aromatic N) is 1. The molecule has 1 atom stereocenters. The summed E-state index contributed by atoms with van der Waals surface area (Å²) >= 11 is 0. The molecule has 0 aromatic heterocycles. The van der Waals surface area contributed by atoms with E-state index in [-0.39, 0.29) is 30.4 Å². The normalized spacial score (nSPS) is 12.5. The molecule has 120 valence electrons. The van der Waals surface area contributed by atoms with Crippen molar-refractivity contribution in [3.8, 4) is 6.07 Å². The summed E-state index contributed by atoms with van der Waals surface area (Å²) in [7, 11) is 0. The average molecular weight is 302 g/mol. The van der Waals surface area contributed by atoms with Crippen molar-refractivity contribution in [3.63, 3.8) is 0 Å². The predicted molar refractivity (Wildman–Crippen MR) is 87.2 cm³/mol. The molecule has 1 unspecified atom stereocenters. The fraction of sp³-hybridized carbons (Fsp3) is 0.556. The average Bonchev–Trinajstić information content (AvgIpc) is 2.47. The number of hydrogen-bond acceptors (Lipinski definition) is 3. The minimum atomic E-state index is -0.231. The highest BCUT2D eigenvalue weighted by Gasteiger charge is 2.20. The molecule has 22 heavy (non-hydrogen) atoms. The van der Waals surface area contributed by atoms with Gasteiger partial charge in [-0.25, -0.2) is 0 Å². The molecule has 1 aromatic carbocycles. The van der Waals surface area contributed by atoms with Gasteiger partial charge in [-0.3, -0.25) is 4.79 Å². The Morgan fingerprint density at radius 1 is 1.36 bits per heavy atom. The molecule has 0 saturated carbocycles. The summed E-state index contributed by atoms with van der Waals surface area (Å²) in [6, 6.07) is 10.00. The second kappa shape index (κ2) is 8.55. The van der Waals surface area contributed by atoms with Crippen LogP contribution in [-0.4, -0.2) is 17.6 Å². The molecule has 0 radical (unpaired) electrons. The number of aliphatic hydroxyl groups is 1. The van der Waals surface area contributed by atoms with Gasteiger partial charge in [0.05, 0.1) is 12.1 Å². The Morgan fingerprint density at radius 3 is 2.50 bits per heavy atom. The van der Waals surface area contributed by atoms with Gasteiger partial charge in [0.25, 0.3) is 0 Å². The minimum absolute atomic E-state index is 0.0548. The van der Waals surface area contributed by atoms with Gasteiger partial charge in [0.15, 0.2) is 0 Å². The van der Waals surface area contributed by atoms with Crippen molar-refractivity contribution >= 4 is 5.91 Å². The molecule has 2 N–H and O–H groups in total. The molecule has 4 nitrogen and oxygen atoms in total. The lowest BCUT2D eigenvalue weighted by atomic mass is 9.81. The van der Waals surface area contributed by atoms with E-state index in [0.717, 1.165) is 18.4 Å². The van der Waals surface area contributed by atoms with Crippen LogP contribution in [0.2, 0.25) is 0 Å². The van der Waals surface area contributed by atoms with Crippen LogP contribution < -0.4 is 5.32 Å². The van der Waals surface area contributed by atoms with Gasteiger partial charge < -0.3 is 10.4 Å². The van der Waals surface area contributed by atoms with Crippen LogP contribution in [0.5, 0.6) is 0 Å². The van der Waals surface area contributed by atoms with Gasteiger partial charge in [-0.1, -0.05) is 51.5 Å². The van der Waals surface area contributed by atoms with Crippen LogP contribution in [0, 0.1) is 11.3 Å². The molecule has 0 spiro atoms. The SMILES string of the molecule is CCCC(NC(=O)CC#N)c1ccc(C(C)(C)CCO)cc1. The van der Waals surface area contributed by atoms with E-state index in [1.807, 2.05) is 18.2 Å². The number of carbonyl (C=O) groups excluding carboxylic acids is 1. The molecule has 0 fully saturated rings. The van der Waals surface area contributed by atoms with E-state index in [4.69, 9.17) is 10.4 Å². The minimum Gasteiger partial charge on any atom is -0.396 e. The summed E-state index contributed by atoms with van der Waals surface area (Å²) < 4.78 is 0. The number of amides is 1. The number of hydrogen-bond donors (Lipinski definition) is 2. The van der Waals surface area contributed by atoms with E-state index < -0.39 is 0 Å². The summed E-state index contributed by atoms with van der Waals surface area (Å²) in [4.78, 5) is 11.7. The third-order valence-electron chi connectivity index (χ3n) is 3.98. The zero-order valence-corrected chi connectivity index (χ0v) is 13.7. The van der Waals surface area contributed by atoms with Crippen LogP contribution in [-0.2, 0) is 10.2 Å². The summed E-state index contributed by atoms with van der Waals surface area (Å²) in [6.07, 6.45) is 2.40. The lowest BCUT2D eigenvalue weighted by Gasteiger charge is -2.25. The van der Waals surface area contributed by atoms with E-state index in [0.29, 0.717) is 6.42 Å². The Bertz CT molecular complexity index is 515. The zero-order chi connectivity index (χ0) is 16.6. The van der Waals surface area contributed by atoms with Crippen LogP contribution in [0.3, 0.4) is 0 Å². The molecule has 1 aromatic rings. The number of nitrogens with one attached hydrogen (secondary N) is 1. The van der Waals surface area contributed by atoms with E-state index in [9.17, 15) is 4.79 Å². The van der Waals surface area contributed by atoms with E-state index in [1.54, 1.807) is 0 Å². The predicted octanol–water partition coefficient (Wildman–Crippen LogP) is 3.22. The van der Waals surface area contributed by atoms with Gasteiger partial charge in [0.1, 0.15) is 6.42 Å². The maximum absolute atomic E-state index is 11.7. The zero-order valence-electron chi connectivity index (χ0n) is 13.7. The smallest absolute Gasteiger partial charge is 0.234 e. The fourth-order valence-corrected chi connectivity index (χ4v) is 2.52. The standard InChI is InChI=1S/C18H26N2O2/c1-4-5-16(20-17(22)10-12-19)14-6-8-15(9-7-14)18(2,3)11-13-21/h6-9,16,21H,4-5,10-11,13H2,1-3H3,(H,20,22). The number of rotatable bonds is 8. The molecule has 4 heteroatoms. The Hall–Kier alpha value is -1.86. The quantitative estimate of drug-likeness (QED) is 0.774. The van der Waals surface area contributed by atoms with Crippen LogP contribution in [0.15, 0.2) is 24.3 Å². The van der Waals surface area contributed by atoms with Crippen LogP contribution in [0.25, 0.3) is 0 Å². The first kappa shape index (κ1) is 18.2. The third-order valence-corrected chi connectivity index (χ3v) is 3.98. The first-order valence-corrected chi connectivity index (χ1v) is 7.82. The van der Waals surface area contributed by atoms with Crippen LogP contribution in [0.1, 0.15) is 63.6 Å². The van der Waals surface area contributed by atoms with Crippen molar-refractivity contribution in [1.82, 2.24) is 5.32 Å². The topological polar surface area (TPSA) is 73.1 Å². The Kier molecular flexibility index (Phi) is 7.07. The third kappa shape index (κ3) is 5.16. The summed E-state index contributed by atoms with van der Waals surface area (Å²) in [5.41, 5.74) is 2.15. The summed E-state index contributed by atoms with van der Waals surface area (Å²) in [6.45, 7) is 6.45. The molecular formula is C18H26N2O2. The van der Waals surface area contributed by atoms with Crippen molar-refractivity contribution in [2.24, 2.45) is 0 Å². The first-order chi connectivity index (χ1) is 10.4. The number of carbonyl (C=O) groups is 1. The maximum atomic E-state index is 11.7. The largest absolute Gasteiger partial charge is 0.396 e. The second-order valence-electron chi connectivity index (χ2n) is 6.22. The highest BCUT2D eigenvalue weighted by atomic mass is 16.3. The van der Waals surface area contributed by atoms with E-state index >= 15 is 0 Å². The lowest BCUT2D eigenvalue weighted by molar-refractivity contribution is -0.120. The molecule has 0 aliphatic carbocycles. The van der Waals surface area contributed by atoms with Gasteiger partial charge in [-0.2, -0.15) is 5.26 Å². The van der Waals surface area contributed by atoms with Crippen LogP contribution >= 0.6 is 0 Å². The molecule has 1 rings (SSSR count). The number of aliphatic hydroxyl groups excluding tert-OH is 1. The number of benzene rings is 1. The van der Waals surface area contributed by atoms with E-state index in [1.165, 1.54) is 5.56 Å². The fourth-order valence-electron chi connectivity index (χ4n) is 2.52. The summed E-state index contributed by atoms with van der Waals surface area (Å²) in [5, 5.41) is 20.7. The Labute approximate surface area is 133 Å². The van der Waals surface area contributed by atoms with Gasteiger partial charge >= 0.3 is 0 Å². The van der Waals surface area contributed by atoms with Gasteiger partial charge in [-0.05, 0) is 29.4 Å². The van der Waals surface area contributed by atoms with Crippen molar-refractivity contribution in [1.29, 1.82) is 5.26 Å². The molecule has 0 aliphatic rings.